The minimum Gasteiger partial charge on any atom is -0.497 e. The van der Waals surface area contributed by atoms with Gasteiger partial charge in [0, 0.05) is 42.0 Å². The van der Waals surface area contributed by atoms with Crippen LogP contribution >= 0.6 is 11.3 Å². The number of nitrogens with zero attached hydrogens (tertiary/aromatic N) is 2. The number of halogens is 1. The summed E-state index contributed by atoms with van der Waals surface area (Å²) >= 11 is 1.58. The first-order chi connectivity index (χ1) is 12.7. The summed E-state index contributed by atoms with van der Waals surface area (Å²) in [5, 5.41) is 5.72. The molecule has 26 heavy (non-hydrogen) atoms. The smallest absolute Gasteiger partial charge is 0.258 e. The predicted octanol–water partition coefficient (Wildman–Crippen LogP) is 4.06. The number of carbonyl (C=O) groups is 1. The molecule has 0 saturated heterocycles. The van der Waals surface area contributed by atoms with Crippen molar-refractivity contribution in [3.8, 4) is 5.75 Å². The van der Waals surface area contributed by atoms with Crippen molar-refractivity contribution < 1.29 is 13.9 Å². The molecule has 0 fully saturated rings. The Bertz CT molecular complexity index is 959. The van der Waals surface area contributed by atoms with Gasteiger partial charge in [0.25, 0.3) is 5.91 Å². The molecule has 0 bridgehead atoms. The van der Waals surface area contributed by atoms with Crippen molar-refractivity contribution in [3.05, 3.63) is 70.5 Å². The molecule has 0 saturated carbocycles. The topological polar surface area (TPSA) is 54.5 Å². The average molecular weight is 369 g/mol. The minimum absolute atomic E-state index is 0.0156. The van der Waals surface area contributed by atoms with E-state index in [0.29, 0.717) is 18.0 Å². The third-order valence-electron chi connectivity index (χ3n) is 4.34. The number of anilines is 2. The summed E-state index contributed by atoms with van der Waals surface area (Å²) in [5.41, 5.74) is 2.85. The SMILES string of the molecule is COc1ccc(C(=O)Nc2cccc3c2CN(c2nccs2)C3)c(F)c1. The summed E-state index contributed by atoms with van der Waals surface area (Å²) < 4.78 is 19.1. The Balaban J connectivity index is 1.57. The monoisotopic (exact) mass is 369 g/mol. The van der Waals surface area contributed by atoms with E-state index in [2.05, 4.69) is 15.2 Å². The normalized spacial score (nSPS) is 12.8. The van der Waals surface area contributed by atoms with Crippen LogP contribution in [0.15, 0.2) is 48.0 Å². The Morgan fingerprint density at radius 2 is 2.19 bits per heavy atom. The molecule has 0 spiro atoms. The fraction of sp³-hybridized carbons (Fsp3) is 0.158. The van der Waals surface area contributed by atoms with E-state index in [-0.39, 0.29) is 5.56 Å². The van der Waals surface area contributed by atoms with Gasteiger partial charge in [0.1, 0.15) is 11.6 Å². The zero-order valence-corrected chi connectivity index (χ0v) is 14.8. The zero-order valence-electron chi connectivity index (χ0n) is 14.0. The first-order valence-electron chi connectivity index (χ1n) is 8.06. The molecule has 1 aromatic heterocycles. The molecule has 132 valence electrons. The van der Waals surface area contributed by atoms with E-state index in [1.807, 2.05) is 23.6 Å². The highest BCUT2D eigenvalue weighted by molar-refractivity contribution is 7.13. The Morgan fingerprint density at radius 3 is 2.92 bits per heavy atom. The van der Waals surface area contributed by atoms with E-state index in [4.69, 9.17) is 4.74 Å². The molecule has 0 unspecified atom stereocenters. The van der Waals surface area contributed by atoms with Crippen LogP contribution in [0, 0.1) is 5.82 Å². The van der Waals surface area contributed by atoms with Crippen molar-refractivity contribution in [2.75, 3.05) is 17.3 Å². The predicted molar refractivity (Wildman–Crippen MR) is 99.3 cm³/mol. The minimum atomic E-state index is -0.612. The summed E-state index contributed by atoms with van der Waals surface area (Å²) in [6.45, 7) is 1.40. The van der Waals surface area contributed by atoms with Crippen molar-refractivity contribution in [2.24, 2.45) is 0 Å². The molecule has 1 aliphatic rings. The third kappa shape index (κ3) is 3.01. The molecule has 1 aliphatic heterocycles. The van der Waals surface area contributed by atoms with Crippen LogP contribution in [0.3, 0.4) is 0 Å². The van der Waals surface area contributed by atoms with Gasteiger partial charge in [-0.1, -0.05) is 12.1 Å². The maximum atomic E-state index is 14.2. The van der Waals surface area contributed by atoms with Gasteiger partial charge in [0.2, 0.25) is 0 Å². The number of amides is 1. The van der Waals surface area contributed by atoms with Crippen molar-refractivity contribution in [2.45, 2.75) is 13.1 Å². The van der Waals surface area contributed by atoms with Gasteiger partial charge in [0.15, 0.2) is 5.13 Å². The lowest BCUT2D eigenvalue weighted by atomic mass is 10.1. The van der Waals surface area contributed by atoms with E-state index in [1.54, 1.807) is 23.6 Å². The van der Waals surface area contributed by atoms with Gasteiger partial charge < -0.3 is 15.0 Å². The maximum absolute atomic E-state index is 14.2. The molecular formula is C19H16FN3O2S. The van der Waals surface area contributed by atoms with E-state index >= 15 is 0 Å². The van der Waals surface area contributed by atoms with Crippen molar-refractivity contribution in [1.29, 1.82) is 0 Å². The second-order valence-electron chi connectivity index (χ2n) is 5.91. The number of rotatable bonds is 4. The van der Waals surface area contributed by atoms with Gasteiger partial charge >= 0.3 is 0 Å². The first kappa shape index (κ1) is 16.5. The number of aromatic nitrogens is 1. The highest BCUT2D eigenvalue weighted by Crippen LogP contribution is 2.33. The van der Waals surface area contributed by atoms with Crippen LogP contribution in [0.4, 0.5) is 15.2 Å². The van der Waals surface area contributed by atoms with Crippen LogP contribution in [0.5, 0.6) is 5.75 Å². The number of thiazole rings is 1. The van der Waals surface area contributed by atoms with E-state index in [9.17, 15) is 9.18 Å². The number of hydrogen-bond donors (Lipinski definition) is 1. The lowest BCUT2D eigenvalue weighted by Crippen LogP contribution is -2.16. The van der Waals surface area contributed by atoms with Crippen LogP contribution in [-0.4, -0.2) is 18.0 Å². The average Bonchev–Trinajstić information content (AvgIpc) is 3.31. The molecule has 2 aromatic carbocycles. The van der Waals surface area contributed by atoms with E-state index < -0.39 is 11.7 Å². The number of ether oxygens (including phenoxy) is 1. The Labute approximate surface area is 154 Å². The second-order valence-corrected chi connectivity index (χ2v) is 6.79. The van der Waals surface area contributed by atoms with E-state index in [1.165, 1.54) is 19.2 Å². The van der Waals surface area contributed by atoms with Crippen molar-refractivity contribution in [3.63, 3.8) is 0 Å². The van der Waals surface area contributed by atoms with Crippen molar-refractivity contribution in [1.82, 2.24) is 4.98 Å². The lowest BCUT2D eigenvalue weighted by molar-refractivity contribution is 0.102. The number of benzene rings is 2. The number of methoxy groups -OCH3 is 1. The summed E-state index contributed by atoms with van der Waals surface area (Å²) in [6, 6.07) is 9.96. The molecule has 0 aliphatic carbocycles. The molecule has 7 heteroatoms. The molecule has 1 N–H and O–H groups in total. The quantitative estimate of drug-likeness (QED) is 0.753. The van der Waals surface area contributed by atoms with E-state index in [0.717, 1.165) is 22.8 Å². The van der Waals surface area contributed by atoms with Gasteiger partial charge in [-0.3, -0.25) is 4.79 Å². The summed E-state index contributed by atoms with van der Waals surface area (Å²) in [5.74, 6) is -0.719. The molecule has 1 amide bonds. The molecular weight excluding hydrogens is 353 g/mol. The Morgan fingerprint density at radius 1 is 1.31 bits per heavy atom. The first-order valence-corrected chi connectivity index (χ1v) is 8.94. The number of hydrogen-bond acceptors (Lipinski definition) is 5. The number of carbonyl (C=O) groups excluding carboxylic acids is 1. The molecule has 0 atom stereocenters. The fourth-order valence-electron chi connectivity index (χ4n) is 3.04. The zero-order chi connectivity index (χ0) is 18.1. The van der Waals surface area contributed by atoms with Crippen LogP contribution in [0.25, 0.3) is 0 Å². The molecule has 0 radical (unpaired) electrons. The fourth-order valence-corrected chi connectivity index (χ4v) is 3.69. The standard InChI is InChI=1S/C19H16FN3O2S/c1-25-13-5-6-14(16(20)9-13)18(24)22-17-4-2-3-12-10-23(11-15(12)17)19-21-7-8-26-19/h2-9H,10-11H2,1H3,(H,22,24). The maximum Gasteiger partial charge on any atom is 0.258 e. The molecule has 3 aromatic rings. The molecule has 5 nitrogen and oxygen atoms in total. The summed E-state index contributed by atoms with van der Waals surface area (Å²) in [6.07, 6.45) is 1.78. The Kier molecular flexibility index (Phi) is 4.30. The third-order valence-corrected chi connectivity index (χ3v) is 5.17. The molecule has 4 rings (SSSR count). The second kappa shape index (κ2) is 6.76. The highest BCUT2D eigenvalue weighted by atomic mass is 32.1. The van der Waals surface area contributed by atoms with Gasteiger partial charge in [0.05, 0.1) is 12.7 Å². The van der Waals surface area contributed by atoms with Crippen LogP contribution in [-0.2, 0) is 13.1 Å². The van der Waals surface area contributed by atoms with Gasteiger partial charge in [-0.25, -0.2) is 9.37 Å². The van der Waals surface area contributed by atoms with Crippen LogP contribution in [0.1, 0.15) is 21.5 Å². The van der Waals surface area contributed by atoms with Crippen LogP contribution < -0.4 is 15.0 Å². The van der Waals surface area contributed by atoms with Crippen molar-refractivity contribution >= 4 is 28.1 Å². The van der Waals surface area contributed by atoms with Gasteiger partial charge in [-0.05, 0) is 23.8 Å². The van der Waals surface area contributed by atoms with Gasteiger partial charge in [-0.2, -0.15) is 0 Å². The van der Waals surface area contributed by atoms with Gasteiger partial charge in [-0.15, -0.1) is 11.3 Å². The number of fused-ring (bicyclic) bond motifs is 1. The highest BCUT2D eigenvalue weighted by Gasteiger charge is 2.24. The molecule has 2 heterocycles. The van der Waals surface area contributed by atoms with Crippen LogP contribution in [0.2, 0.25) is 0 Å². The summed E-state index contributed by atoms with van der Waals surface area (Å²) in [4.78, 5) is 19.0. The Hall–Kier alpha value is -2.93. The largest absolute Gasteiger partial charge is 0.497 e. The summed E-state index contributed by atoms with van der Waals surface area (Å²) in [7, 11) is 1.45. The number of nitrogens with one attached hydrogen (secondary N) is 1. The lowest BCUT2D eigenvalue weighted by Gasteiger charge is -2.13.